The van der Waals surface area contributed by atoms with E-state index in [1.165, 1.54) is 37.7 Å². The molecule has 0 amide bonds. The van der Waals surface area contributed by atoms with Gasteiger partial charge in [0.2, 0.25) is 0 Å². The molecular weight excluding hydrogens is 528 g/mol. The first-order valence-corrected chi connectivity index (χ1v) is 15.1. The van der Waals surface area contributed by atoms with Crippen molar-refractivity contribution >= 4 is 64.6 Å². The second-order valence-electron chi connectivity index (χ2n) is 11.8. The molecule has 0 radical (unpaired) electrons. The van der Waals surface area contributed by atoms with Gasteiger partial charge in [-0.2, -0.15) is 0 Å². The molecule has 0 fully saturated rings. The lowest BCUT2D eigenvalue weighted by Gasteiger charge is -2.19. The van der Waals surface area contributed by atoms with Crippen molar-refractivity contribution in [1.29, 1.82) is 0 Å². The van der Waals surface area contributed by atoms with Crippen LogP contribution in [0.2, 0.25) is 0 Å². The highest BCUT2D eigenvalue weighted by Gasteiger charge is 2.18. The van der Waals surface area contributed by atoms with Crippen molar-refractivity contribution in [3.05, 3.63) is 158 Å². The number of hydrogen-bond acceptors (Lipinski definition) is 0. The van der Waals surface area contributed by atoms with Crippen LogP contribution < -0.4 is 0 Å². The maximum absolute atomic E-state index is 10.0. The fourth-order valence-corrected chi connectivity index (χ4v) is 7.47. The van der Waals surface area contributed by atoms with Crippen LogP contribution in [-0.4, -0.2) is 0 Å². The molecule has 0 spiro atoms. The first-order chi connectivity index (χ1) is 23.1. The van der Waals surface area contributed by atoms with Crippen LogP contribution in [0.25, 0.3) is 98.0 Å². The molecule has 0 nitrogen and oxygen atoms in total. The van der Waals surface area contributed by atoms with Crippen LogP contribution in [-0.2, 0) is 0 Å². The number of hydrogen-bond donors (Lipinski definition) is 0. The molecule has 0 saturated carbocycles. The third kappa shape index (κ3) is 3.28. The summed E-state index contributed by atoms with van der Waals surface area (Å²) in [5, 5.41) is 13.8. The van der Waals surface area contributed by atoms with Crippen LogP contribution in [0.3, 0.4) is 0 Å². The van der Waals surface area contributed by atoms with E-state index in [9.17, 15) is 4.11 Å². The third-order valence-corrected chi connectivity index (χ3v) is 9.47. The van der Waals surface area contributed by atoms with Gasteiger partial charge in [0.25, 0.3) is 0 Å². The Kier molecular flexibility index (Phi) is 4.25. The summed E-state index contributed by atoms with van der Waals surface area (Å²) in [5.41, 5.74) is 4.37. The topological polar surface area (TPSA) is 0 Å². The Hall–Kier alpha value is -5.72. The van der Waals surface area contributed by atoms with Crippen LogP contribution in [0.1, 0.15) is 4.11 Å². The molecule has 0 unspecified atom stereocenters. The molecule has 10 aromatic rings. The lowest BCUT2D eigenvalue weighted by atomic mass is 9.85. The normalized spacial score (nSPS) is 13.0. The Labute approximate surface area is 259 Å². The van der Waals surface area contributed by atoms with Gasteiger partial charge in [-0.1, -0.05) is 152 Å². The van der Waals surface area contributed by atoms with Gasteiger partial charge in [0, 0.05) is 0 Å². The molecule has 0 saturated heterocycles. The maximum atomic E-state index is 10.0. The van der Waals surface area contributed by atoms with Gasteiger partial charge in [0.15, 0.2) is 0 Å². The fourth-order valence-electron chi connectivity index (χ4n) is 7.47. The van der Waals surface area contributed by atoms with E-state index in [0.717, 1.165) is 43.6 Å². The minimum absolute atomic E-state index is 0.0744. The molecule has 10 rings (SSSR count). The van der Waals surface area contributed by atoms with Crippen LogP contribution >= 0.6 is 0 Å². The molecule has 0 N–H and O–H groups in total. The van der Waals surface area contributed by atoms with Gasteiger partial charge in [-0.25, -0.2) is 0 Å². The minimum Gasteiger partial charge on any atom is -0.0622 e. The standard InChI is InChI=1S/C44H26/c1-2-6-27(7-3-1)35-22-20-34(36-21-16-32-14-12-28-8-4-10-30-18-24-38(36)43(32)41(28)30)26-40(35)37-23-17-33-15-13-29-9-5-11-31-19-25-39(37)44(33)42(29)31/h1-26H/i20D,22D,26D. The Morgan fingerprint density at radius 1 is 0.295 bits per heavy atom. The maximum Gasteiger partial charge on any atom is 0.0636 e. The highest BCUT2D eigenvalue weighted by molar-refractivity contribution is 6.27. The Bertz CT molecular complexity index is 2840. The highest BCUT2D eigenvalue weighted by atomic mass is 14.2. The Balaban J connectivity index is 1.36. The molecule has 0 aromatic heterocycles. The van der Waals surface area contributed by atoms with E-state index in [0.29, 0.717) is 16.7 Å². The summed E-state index contributed by atoms with van der Waals surface area (Å²) in [7, 11) is 0. The van der Waals surface area contributed by atoms with Crippen molar-refractivity contribution in [2.75, 3.05) is 0 Å². The largest absolute Gasteiger partial charge is 0.0636 e. The quantitative estimate of drug-likeness (QED) is 0.190. The summed E-state index contributed by atoms with van der Waals surface area (Å²) in [4.78, 5) is 0. The van der Waals surface area contributed by atoms with E-state index in [1.54, 1.807) is 0 Å². The van der Waals surface area contributed by atoms with Gasteiger partial charge in [-0.15, -0.1) is 0 Å². The highest BCUT2D eigenvalue weighted by Crippen LogP contribution is 2.45. The van der Waals surface area contributed by atoms with Gasteiger partial charge in [0.1, 0.15) is 0 Å². The SMILES string of the molecule is [2H]c1c([2H])c(-c2ccccc2)c(-c2ccc3ccc4cccc5ccc2c3c45)c([2H])c1-c1ccc2ccc3cccc4ccc1c2c34. The van der Waals surface area contributed by atoms with Gasteiger partial charge >= 0.3 is 0 Å². The van der Waals surface area contributed by atoms with Crippen molar-refractivity contribution in [2.24, 2.45) is 0 Å². The zero-order valence-electron chi connectivity index (χ0n) is 26.8. The zero-order chi connectivity index (χ0) is 31.4. The average Bonchev–Trinajstić information content (AvgIpc) is 3.12. The first kappa shape index (κ1) is 21.0. The monoisotopic (exact) mass is 557 g/mol. The van der Waals surface area contributed by atoms with Crippen LogP contribution in [0.4, 0.5) is 0 Å². The summed E-state index contributed by atoms with van der Waals surface area (Å²) in [5.74, 6) is 0. The number of rotatable bonds is 3. The molecule has 0 heteroatoms. The van der Waals surface area contributed by atoms with E-state index in [2.05, 4.69) is 103 Å². The molecule has 202 valence electrons. The summed E-state index contributed by atoms with van der Waals surface area (Å²) < 4.78 is 29.1. The molecular formula is C44H26. The van der Waals surface area contributed by atoms with Crippen molar-refractivity contribution in [2.45, 2.75) is 0 Å². The average molecular weight is 558 g/mol. The summed E-state index contributed by atoms with van der Waals surface area (Å²) in [6.07, 6.45) is 0. The summed E-state index contributed by atoms with van der Waals surface area (Å²) in [6.45, 7) is 0. The van der Waals surface area contributed by atoms with E-state index in [1.807, 2.05) is 36.4 Å². The smallest absolute Gasteiger partial charge is 0.0622 e. The van der Waals surface area contributed by atoms with E-state index in [-0.39, 0.29) is 18.1 Å². The van der Waals surface area contributed by atoms with Gasteiger partial charge < -0.3 is 0 Å². The van der Waals surface area contributed by atoms with Gasteiger partial charge in [0.05, 0.1) is 4.11 Å². The molecule has 0 aliphatic heterocycles. The van der Waals surface area contributed by atoms with Gasteiger partial charge in [-0.05, 0) is 104 Å². The predicted molar refractivity (Wildman–Crippen MR) is 190 cm³/mol. The zero-order valence-corrected chi connectivity index (χ0v) is 23.8. The minimum atomic E-state index is 0.0744. The van der Waals surface area contributed by atoms with Crippen LogP contribution in [0.15, 0.2) is 158 Å². The Morgan fingerprint density at radius 2 is 0.773 bits per heavy atom. The van der Waals surface area contributed by atoms with E-state index < -0.39 is 0 Å². The number of benzene rings is 10. The third-order valence-electron chi connectivity index (χ3n) is 9.47. The molecule has 0 aliphatic rings. The van der Waals surface area contributed by atoms with Crippen molar-refractivity contribution in [3.8, 4) is 33.4 Å². The van der Waals surface area contributed by atoms with E-state index in [4.69, 9.17) is 0 Å². The second kappa shape index (κ2) is 8.89. The fraction of sp³-hybridized carbons (Fsp3) is 0. The molecule has 0 bridgehead atoms. The van der Waals surface area contributed by atoms with E-state index >= 15 is 0 Å². The van der Waals surface area contributed by atoms with Crippen molar-refractivity contribution in [3.63, 3.8) is 0 Å². The molecule has 0 heterocycles. The lowest BCUT2D eigenvalue weighted by molar-refractivity contribution is 1.59. The molecule has 0 aliphatic carbocycles. The summed E-state index contributed by atoms with van der Waals surface area (Å²) in [6, 6.07) is 48.8. The van der Waals surface area contributed by atoms with Gasteiger partial charge in [-0.3, -0.25) is 0 Å². The molecule has 0 atom stereocenters. The second-order valence-corrected chi connectivity index (χ2v) is 11.8. The molecule has 44 heavy (non-hydrogen) atoms. The summed E-state index contributed by atoms with van der Waals surface area (Å²) >= 11 is 0. The first-order valence-electron chi connectivity index (χ1n) is 16.6. The van der Waals surface area contributed by atoms with Crippen LogP contribution in [0.5, 0.6) is 0 Å². The lowest BCUT2D eigenvalue weighted by Crippen LogP contribution is -1.92. The molecule has 10 aromatic carbocycles. The predicted octanol–water partition coefficient (Wildman–Crippen LogP) is 12.5. The Morgan fingerprint density at radius 3 is 1.36 bits per heavy atom. The van der Waals surface area contributed by atoms with Crippen LogP contribution in [0, 0.1) is 0 Å². The van der Waals surface area contributed by atoms with Crippen molar-refractivity contribution < 1.29 is 4.11 Å². The van der Waals surface area contributed by atoms with Crippen molar-refractivity contribution in [1.82, 2.24) is 0 Å².